The highest BCUT2D eigenvalue weighted by Gasteiger charge is 2.47. The molecule has 5 nitrogen and oxygen atoms in total. The summed E-state index contributed by atoms with van der Waals surface area (Å²) in [5.41, 5.74) is 6.96. The lowest BCUT2D eigenvalue weighted by molar-refractivity contribution is -0.136. The molecule has 5 heteroatoms. The van der Waals surface area contributed by atoms with Crippen molar-refractivity contribution >= 4 is 11.8 Å². The number of rotatable bonds is 4. The quantitative estimate of drug-likeness (QED) is 0.910. The van der Waals surface area contributed by atoms with Crippen LogP contribution in [0, 0.1) is 5.92 Å². The summed E-state index contributed by atoms with van der Waals surface area (Å²) in [5.74, 6) is 0.193. The van der Waals surface area contributed by atoms with Gasteiger partial charge in [-0.15, -0.1) is 0 Å². The molecule has 3 fully saturated rings. The summed E-state index contributed by atoms with van der Waals surface area (Å²) in [5, 5.41) is 0. The van der Waals surface area contributed by atoms with E-state index in [4.69, 9.17) is 5.73 Å². The molecular weight excluding hydrogens is 314 g/mol. The van der Waals surface area contributed by atoms with Crippen LogP contribution in [0.15, 0.2) is 24.3 Å². The zero-order chi connectivity index (χ0) is 17.6. The van der Waals surface area contributed by atoms with Gasteiger partial charge in [0.15, 0.2) is 0 Å². The fraction of sp³-hybridized carbons (Fsp3) is 0.600. The van der Waals surface area contributed by atoms with Gasteiger partial charge in [0, 0.05) is 43.2 Å². The first-order chi connectivity index (χ1) is 12.0. The van der Waals surface area contributed by atoms with Gasteiger partial charge in [0.25, 0.3) is 0 Å². The lowest BCUT2D eigenvalue weighted by Crippen LogP contribution is -2.58. The van der Waals surface area contributed by atoms with Crippen molar-refractivity contribution in [1.29, 1.82) is 0 Å². The zero-order valence-corrected chi connectivity index (χ0v) is 14.9. The zero-order valence-electron chi connectivity index (χ0n) is 14.9. The van der Waals surface area contributed by atoms with Gasteiger partial charge in [0.05, 0.1) is 0 Å². The predicted octanol–water partition coefficient (Wildman–Crippen LogP) is 1.97. The Balaban J connectivity index is 1.37. The lowest BCUT2D eigenvalue weighted by atomic mass is 9.89. The van der Waals surface area contributed by atoms with Crippen LogP contribution in [-0.2, 0) is 4.79 Å². The molecule has 25 heavy (non-hydrogen) atoms. The van der Waals surface area contributed by atoms with Crippen molar-refractivity contribution in [3.05, 3.63) is 35.4 Å². The Labute approximate surface area is 149 Å². The Morgan fingerprint density at radius 2 is 2.00 bits per heavy atom. The molecule has 2 aliphatic carbocycles. The number of nitrogens with zero attached hydrogens (tertiary/aromatic N) is 2. The lowest BCUT2D eigenvalue weighted by Gasteiger charge is -2.47. The highest BCUT2D eigenvalue weighted by atomic mass is 16.2. The number of nitrogens with two attached hydrogens (primary N) is 1. The van der Waals surface area contributed by atoms with Crippen LogP contribution in [0.2, 0.25) is 0 Å². The topological polar surface area (TPSA) is 66.6 Å². The maximum atomic E-state index is 12.9. The molecule has 0 radical (unpaired) electrons. The van der Waals surface area contributed by atoms with Crippen molar-refractivity contribution in [1.82, 2.24) is 9.80 Å². The Kier molecular flexibility index (Phi) is 4.28. The van der Waals surface area contributed by atoms with E-state index in [1.165, 1.54) is 19.3 Å². The minimum absolute atomic E-state index is 0.0746. The van der Waals surface area contributed by atoms with Crippen molar-refractivity contribution in [3.63, 3.8) is 0 Å². The van der Waals surface area contributed by atoms with Crippen LogP contribution in [0.1, 0.15) is 54.4 Å². The van der Waals surface area contributed by atoms with Gasteiger partial charge in [-0.1, -0.05) is 18.6 Å². The molecule has 2 N–H and O–H groups in total. The summed E-state index contributed by atoms with van der Waals surface area (Å²) in [6, 6.07) is 8.64. The summed E-state index contributed by atoms with van der Waals surface area (Å²) in [6.45, 7) is 4.95. The minimum Gasteiger partial charge on any atom is -0.366 e. The third-order valence-corrected chi connectivity index (χ3v) is 6.24. The standard InChI is InChI=1S/C20H27N3O2/c1-13-12-22(8-9-23(13)16-6-3-7-16)20(25)18-11-17(18)14-4-2-5-15(10-14)19(21)24/h2,4-5,10,13,16-18H,3,6-9,11-12H2,1H3,(H2,21,24). The van der Waals surface area contributed by atoms with Crippen molar-refractivity contribution in [2.24, 2.45) is 11.7 Å². The second kappa shape index (κ2) is 6.45. The predicted molar refractivity (Wildman–Crippen MR) is 96.2 cm³/mol. The molecule has 3 aliphatic rings. The van der Waals surface area contributed by atoms with Crippen LogP contribution in [0.3, 0.4) is 0 Å². The molecule has 4 rings (SSSR count). The fourth-order valence-corrected chi connectivity index (χ4v) is 4.43. The molecule has 3 unspecified atom stereocenters. The van der Waals surface area contributed by atoms with Crippen LogP contribution < -0.4 is 5.73 Å². The largest absolute Gasteiger partial charge is 0.366 e. The number of primary amides is 1. The highest BCUT2D eigenvalue weighted by molar-refractivity contribution is 5.93. The van der Waals surface area contributed by atoms with Crippen LogP contribution in [0.5, 0.6) is 0 Å². The molecule has 0 aromatic heterocycles. The van der Waals surface area contributed by atoms with Crippen molar-refractivity contribution < 1.29 is 9.59 Å². The van der Waals surface area contributed by atoms with Gasteiger partial charge < -0.3 is 10.6 Å². The fourth-order valence-electron chi connectivity index (χ4n) is 4.43. The first-order valence-corrected chi connectivity index (χ1v) is 9.49. The Morgan fingerprint density at radius 3 is 2.64 bits per heavy atom. The van der Waals surface area contributed by atoms with Crippen LogP contribution in [0.25, 0.3) is 0 Å². The van der Waals surface area contributed by atoms with E-state index in [-0.39, 0.29) is 17.7 Å². The van der Waals surface area contributed by atoms with E-state index in [1.54, 1.807) is 6.07 Å². The number of benzene rings is 1. The average molecular weight is 341 g/mol. The highest BCUT2D eigenvalue weighted by Crippen LogP contribution is 2.48. The minimum atomic E-state index is -0.411. The number of piperazine rings is 1. The molecule has 3 atom stereocenters. The van der Waals surface area contributed by atoms with E-state index in [0.717, 1.165) is 37.7 Å². The first-order valence-electron chi connectivity index (χ1n) is 9.49. The summed E-state index contributed by atoms with van der Waals surface area (Å²) in [4.78, 5) is 28.9. The van der Waals surface area contributed by atoms with E-state index in [0.29, 0.717) is 11.6 Å². The van der Waals surface area contributed by atoms with Crippen molar-refractivity contribution in [2.45, 2.75) is 50.6 Å². The molecule has 1 aliphatic heterocycles. The number of amides is 2. The molecule has 1 saturated heterocycles. The van der Waals surface area contributed by atoms with Gasteiger partial charge in [0.2, 0.25) is 11.8 Å². The van der Waals surface area contributed by atoms with Gasteiger partial charge in [-0.3, -0.25) is 14.5 Å². The molecule has 2 amide bonds. The van der Waals surface area contributed by atoms with Gasteiger partial charge in [-0.25, -0.2) is 0 Å². The van der Waals surface area contributed by atoms with Crippen LogP contribution in [-0.4, -0.2) is 53.3 Å². The SMILES string of the molecule is CC1CN(C(=O)C2CC2c2cccc(C(N)=O)c2)CCN1C1CCC1. The number of carbonyl (C=O) groups is 2. The number of hydrogen-bond donors (Lipinski definition) is 1. The van der Waals surface area contributed by atoms with Crippen LogP contribution >= 0.6 is 0 Å². The van der Waals surface area contributed by atoms with E-state index in [2.05, 4.69) is 16.7 Å². The third kappa shape index (κ3) is 3.17. The second-order valence-electron chi connectivity index (χ2n) is 7.89. The number of carbonyl (C=O) groups excluding carboxylic acids is 2. The molecule has 1 heterocycles. The maximum absolute atomic E-state index is 12.9. The summed E-state index contributed by atoms with van der Waals surface area (Å²) in [7, 11) is 0. The Bertz CT molecular complexity index is 685. The van der Waals surface area contributed by atoms with Gasteiger partial charge in [0.1, 0.15) is 0 Å². The Hall–Kier alpha value is -1.88. The maximum Gasteiger partial charge on any atom is 0.248 e. The first kappa shape index (κ1) is 16.6. The molecule has 1 aromatic carbocycles. The van der Waals surface area contributed by atoms with E-state index >= 15 is 0 Å². The smallest absolute Gasteiger partial charge is 0.248 e. The van der Waals surface area contributed by atoms with Crippen molar-refractivity contribution in [2.75, 3.05) is 19.6 Å². The molecule has 1 aromatic rings. The summed E-state index contributed by atoms with van der Waals surface area (Å²) >= 11 is 0. The Morgan fingerprint density at radius 1 is 1.20 bits per heavy atom. The molecule has 0 bridgehead atoms. The number of hydrogen-bond acceptors (Lipinski definition) is 3. The van der Waals surface area contributed by atoms with E-state index in [9.17, 15) is 9.59 Å². The summed E-state index contributed by atoms with van der Waals surface area (Å²) in [6.07, 6.45) is 4.88. The van der Waals surface area contributed by atoms with Crippen molar-refractivity contribution in [3.8, 4) is 0 Å². The van der Waals surface area contributed by atoms with Gasteiger partial charge >= 0.3 is 0 Å². The normalized spacial score (nSPS) is 30.0. The van der Waals surface area contributed by atoms with E-state index < -0.39 is 5.91 Å². The molecular formula is C20H27N3O2. The third-order valence-electron chi connectivity index (χ3n) is 6.24. The van der Waals surface area contributed by atoms with Gasteiger partial charge in [-0.2, -0.15) is 0 Å². The van der Waals surface area contributed by atoms with Crippen LogP contribution in [0.4, 0.5) is 0 Å². The molecule has 134 valence electrons. The monoisotopic (exact) mass is 341 g/mol. The average Bonchev–Trinajstić information content (AvgIpc) is 3.35. The van der Waals surface area contributed by atoms with Gasteiger partial charge in [-0.05, 0) is 49.8 Å². The molecule has 0 spiro atoms. The molecule has 2 saturated carbocycles. The van der Waals surface area contributed by atoms with E-state index in [1.807, 2.05) is 18.2 Å². The second-order valence-corrected chi connectivity index (χ2v) is 7.89. The summed E-state index contributed by atoms with van der Waals surface area (Å²) < 4.78 is 0.